The fourth-order valence-corrected chi connectivity index (χ4v) is 3.57. The number of hydrogen-bond acceptors (Lipinski definition) is 4. The predicted molar refractivity (Wildman–Crippen MR) is 129 cm³/mol. The molecule has 0 aliphatic heterocycles. The molecule has 0 aliphatic carbocycles. The molecule has 2 N–H and O–H groups in total. The Hall–Kier alpha value is -3.91. The molecular weight excluding hydrogens is 459 g/mol. The Bertz CT molecular complexity index is 1340. The van der Waals surface area contributed by atoms with Gasteiger partial charge in [0.2, 0.25) is 0 Å². The molecule has 4 aromatic rings. The lowest BCUT2D eigenvalue weighted by Gasteiger charge is -2.08. The number of ether oxygens (including phenoxy) is 1. The molecule has 7 nitrogen and oxygen atoms in total. The second-order valence-electron chi connectivity index (χ2n) is 7.60. The van der Waals surface area contributed by atoms with E-state index in [0.29, 0.717) is 34.9 Å². The molecule has 3 aromatic carbocycles. The molecule has 0 unspecified atom stereocenters. The van der Waals surface area contributed by atoms with E-state index in [0.717, 1.165) is 11.3 Å². The number of nitrogens with one attached hydrogen (secondary N) is 2. The van der Waals surface area contributed by atoms with Crippen LogP contribution in [-0.2, 0) is 18.3 Å². The first kappa shape index (κ1) is 23.3. The number of carbonyl (C=O) groups excluding carboxylic acids is 2. The molecule has 1 heterocycles. The van der Waals surface area contributed by atoms with Crippen molar-refractivity contribution in [2.45, 2.75) is 6.42 Å². The van der Waals surface area contributed by atoms with E-state index in [-0.39, 0.29) is 24.0 Å². The molecule has 0 radical (unpaired) electrons. The number of halogens is 2. The van der Waals surface area contributed by atoms with E-state index in [1.807, 2.05) is 17.7 Å². The molecule has 0 saturated heterocycles. The van der Waals surface area contributed by atoms with Crippen LogP contribution in [0.25, 0.3) is 11.0 Å². The highest BCUT2D eigenvalue weighted by molar-refractivity contribution is 6.30. The molecule has 4 rings (SSSR count). The van der Waals surface area contributed by atoms with Crippen LogP contribution in [0.15, 0.2) is 66.7 Å². The minimum Gasteiger partial charge on any atom is -0.484 e. The van der Waals surface area contributed by atoms with Crippen LogP contribution >= 0.6 is 11.6 Å². The van der Waals surface area contributed by atoms with Crippen molar-refractivity contribution in [3.8, 4) is 5.75 Å². The van der Waals surface area contributed by atoms with E-state index >= 15 is 0 Å². The minimum atomic E-state index is -0.456. The van der Waals surface area contributed by atoms with Gasteiger partial charge in [0, 0.05) is 36.3 Å². The van der Waals surface area contributed by atoms with Crippen LogP contribution in [0.5, 0.6) is 5.75 Å². The van der Waals surface area contributed by atoms with Gasteiger partial charge < -0.3 is 19.9 Å². The van der Waals surface area contributed by atoms with Gasteiger partial charge in [0.05, 0.1) is 11.0 Å². The number of benzene rings is 3. The Balaban J connectivity index is 1.34. The van der Waals surface area contributed by atoms with Gasteiger partial charge in [-0.1, -0.05) is 17.7 Å². The van der Waals surface area contributed by atoms with Crippen molar-refractivity contribution in [3.05, 3.63) is 89.0 Å². The maximum atomic E-state index is 13.3. The Labute approximate surface area is 200 Å². The summed E-state index contributed by atoms with van der Waals surface area (Å²) < 4.78 is 20.7. The number of anilines is 1. The van der Waals surface area contributed by atoms with Gasteiger partial charge in [-0.05, 0) is 60.7 Å². The number of amides is 2. The van der Waals surface area contributed by atoms with Gasteiger partial charge in [-0.25, -0.2) is 9.37 Å². The van der Waals surface area contributed by atoms with E-state index in [1.54, 1.807) is 42.5 Å². The highest BCUT2D eigenvalue weighted by atomic mass is 35.5. The van der Waals surface area contributed by atoms with Gasteiger partial charge >= 0.3 is 0 Å². The molecular formula is C25H22ClFN4O3. The number of rotatable bonds is 8. The monoisotopic (exact) mass is 480 g/mol. The zero-order valence-corrected chi connectivity index (χ0v) is 19.1. The molecule has 0 atom stereocenters. The molecule has 0 fully saturated rings. The first-order chi connectivity index (χ1) is 16.4. The highest BCUT2D eigenvalue weighted by Crippen LogP contribution is 2.20. The third kappa shape index (κ3) is 5.71. The molecule has 0 spiro atoms. The topological polar surface area (TPSA) is 85.3 Å². The average molecular weight is 481 g/mol. The molecule has 34 heavy (non-hydrogen) atoms. The summed E-state index contributed by atoms with van der Waals surface area (Å²) >= 11 is 5.84. The third-order valence-corrected chi connectivity index (χ3v) is 5.41. The fourth-order valence-electron chi connectivity index (χ4n) is 3.45. The van der Waals surface area contributed by atoms with Crippen LogP contribution in [-0.4, -0.2) is 34.5 Å². The largest absolute Gasteiger partial charge is 0.484 e. The van der Waals surface area contributed by atoms with Crippen molar-refractivity contribution < 1.29 is 18.7 Å². The first-order valence-electron chi connectivity index (χ1n) is 10.6. The van der Waals surface area contributed by atoms with Gasteiger partial charge in [0.1, 0.15) is 17.4 Å². The van der Waals surface area contributed by atoms with Crippen molar-refractivity contribution in [2.75, 3.05) is 18.5 Å². The number of nitrogens with zero attached hydrogens (tertiary/aromatic N) is 2. The van der Waals surface area contributed by atoms with Crippen molar-refractivity contribution in [3.63, 3.8) is 0 Å². The van der Waals surface area contributed by atoms with Crippen LogP contribution < -0.4 is 15.4 Å². The summed E-state index contributed by atoms with van der Waals surface area (Å²) in [5.41, 5.74) is 2.47. The van der Waals surface area contributed by atoms with Gasteiger partial charge in [-0.2, -0.15) is 0 Å². The Morgan fingerprint density at radius 2 is 1.88 bits per heavy atom. The number of carbonyl (C=O) groups is 2. The van der Waals surface area contributed by atoms with Crippen molar-refractivity contribution in [1.29, 1.82) is 0 Å². The van der Waals surface area contributed by atoms with E-state index < -0.39 is 5.82 Å². The van der Waals surface area contributed by atoms with Crippen LogP contribution in [0.2, 0.25) is 5.02 Å². The summed E-state index contributed by atoms with van der Waals surface area (Å²) in [6.07, 6.45) is 0.489. The predicted octanol–water partition coefficient (Wildman–Crippen LogP) is 4.36. The highest BCUT2D eigenvalue weighted by Gasteiger charge is 2.11. The maximum Gasteiger partial charge on any atom is 0.262 e. The second-order valence-corrected chi connectivity index (χ2v) is 8.03. The van der Waals surface area contributed by atoms with Gasteiger partial charge in [0.15, 0.2) is 6.61 Å². The van der Waals surface area contributed by atoms with Crippen molar-refractivity contribution >= 4 is 40.1 Å². The molecule has 2 amide bonds. The van der Waals surface area contributed by atoms with Crippen LogP contribution in [0.3, 0.4) is 0 Å². The summed E-state index contributed by atoms with van der Waals surface area (Å²) in [5, 5.41) is 6.17. The van der Waals surface area contributed by atoms with E-state index in [4.69, 9.17) is 16.3 Å². The fraction of sp³-hybridized carbons (Fsp3) is 0.160. The molecule has 1 aromatic heterocycles. The van der Waals surface area contributed by atoms with E-state index in [2.05, 4.69) is 15.6 Å². The van der Waals surface area contributed by atoms with Gasteiger partial charge in [-0.3, -0.25) is 9.59 Å². The molecule has 174 valence electrons. The summed E-state index contributed by atoms with van der Waals surface area (Å²) in [6, 6.07) is 17.7. The lowest BCUT2D eigenvalue weighted by Crippen LogP contribution is -2.26. The lowest BCUT2D eigenvalue weighted by molar-refractivity contribution is -0.118. The SMILES string of the molecule is Cn1c(CCNC(=O)c2cccc(F)c2)nc2cc(NC(=O)COc3ccc(Cl)cc3)ccc21. The van der Waals surface area contributed by atoms with Crippen LogP contribution in [0, 0.1) is 5.82 Å². The quantitative estimate of drug-likeness (QED) is 0.392. The molecule has 0 bridgehead atoms. The Morgan fingerprint density at radius 1 is 1.09 bits per heavy atom. The summed E-state index contributed by atoms with van der Waals surface area (Å²) in [5.74, 6) is 0.218. The Kier molecular flexibility index (Phi) is 7.08. The van der Waals surface area contributed by atoms with Crippen LogP contribution in [0.4, 0.5) is 10.1 Å². The summed E-state index contributed by atoms with van der Waals surface area (Å²) in [6.45, 7) is 0.205. The molecule has 0 aliphatic rings. The zero-order chi connectivity index (χ0) is 24.1. The summed E-state index contributed by atoms with van der Waals surface area (Å²) in [4.78, 5) is 29.1. The number of hydrogen-bond donors (Lipinski definition) is 2. The second kappa shape index (κ2) is 10.4. The Morgan fingerprint density at radius 3 is 2.65 bits per heavy atom. The minimum absolute atomic E-state index is 0.141. The van der Waals surface area contributed by atoms with Gasteiger partial charge in [-0.15, -0.1) is 0 Å². The normalized spacial score (nSPS) is 10.8. The first-order valence-corrected chi connectivity index (χ1v) is 10.9. The maximum absolute atomic E-state index is 13.3. The average Bonchev–Trinajstić information content (AvgIpc) is 3.13. The molecule has 9 heteroatoms. The van der Waals surface area contributed by atoms with Crippen molar-refractivity contribution in [2.24, 2.45) is 7.05 Å². The number of imidazole rings is 1. The zero-order valence-electron chi connectivity index (χ0n) is 18.3. The van der Waals surface area contributed by atoms with Crippen molar-refractivity contribution in [1.82, 2.24) is 14.9 Å². The van der Waals surface area contributed by atoms with Gasteiger partial charge in [0.25, 0.3) is 11.8 Å². The number of aryl methyl sites for hydroxylation is 1. The third-order valence-electron chi connectivity index (χ3n) is 5.16. The number of aromatic nitrogens is 2. The van der Waals surface area contributed by atoms with E-state index in [9.17, 15) is 14.0 Å². The van der Waals surface area contributed by atoms with E-state index in [1.165, 1.54) is 18.2 Å². The smallest absolute Gasteiger partial charge is 0.262 e. The van der Waals surface area contributed by atoms with Crippen LogP contribution in [0.1, 0.15) is 16.2 Å². The standard InChI is InChI=1S/C25H22ClFN4O3/c1-31-22-10-7-19(29-24(32)15-34-20-8-5-17(26)6-9-20)14-21(22)30-23(31)11-12-28-25(33)16-3-2-4-18(27)13-16/h2-10,13-14H,11-12,15H2,1H3,(H,28,33)(H,29,32). The summed E-state index contributed by atoms with van der Waals surface area (Å²) in [7, 11) is 1.89. The molecule has 0 saturated carbocycles. The lowest BCUT2D eigenvalue weighted by atomic mass is 10.2. The number of fused-ring (bicyclic) bond motifs is 1.